The van der Waals surface area contributed by atoms with Gasteiger partial charge in [0.05, 0.1) is 5.92 Å². The van der Waals surface area contributed by atoms with E-state index < -0.39 is 24.1 Å². The minimum absolute atomic E-state index is 0.206. The molecule has 0 heterocycles. The number of aryl methyl sites for hydroxylation is 2. The molecule has 0 spiro atoms. The highest BCUT2D eigenvalue weighted by Crippen LogP contribution is 2.46. The lowest BCUT2D eigenvalue weighted by molar-refractivity contribution is -0.199. The zero-order chi connectivity index (χ0) is 15.6. The number of benzene rings is 1. The van der Waals surface area contributed by atoms with Crippen LogP contribution < -0.4 is 11.3 Å². The zero-order valence-corrected chi connectivity index (χ0v) is 12.5. The Morgan fingerprint density at radius 3 is 2.43 bits per heavy atom. The van der Waals surface area contributed by atoms with E-state index in [9.17, 15) is 13.2 Å². The normalized spacial score (nSPS) is 24.9. The molecule has 1 aromatic rings. The monoisotopic (exact) mass is 300 g/mol. The predicted octanol–water partition coefficient (Wildman–Crippen LogP) is 4.18. The Labute approximate surface area is 123 Å². The number of nitrogens with two attached hydrogens (primary N) is 1. The smallest absolute Gasteiger partial charge is 0.271 e. The number of hydrazine groups is 1. The van der Waals surface area contributed by atoms with Gasteiger partial charge in [-0.1, -0.05) is 36.6 Å². The van der Waals surface area contributed by atoms with E-state index in [4.69, 9.17) is 5.84 Å². The molecule has 3 atom stereocenters. The molecule has 1 aliphatic carbocycles. The van der Waals surface area contributed by atoms with Crippen LogP contribution in [0.4, 0.5) is 13.2 Å². The maximum atomic E-state index is 13.3. The lowest BCUT2D eigenvalue weighted by atomic mass is 9.72. The van der Waals surface area contributed by atoms with Crippen molar-refractivity contribution >= 4 is 0 Å². The molecule has 0 aromatic heterocycles. The van der Waals surface area contributed by atoms with E-state index in [1.165, 1.54) is 0 Å². The van der Waals surface area contributed by atoms with E-state index in [-0.39, 0.29) is 6.42 Å². The lowest BCUT2D eigenvalue weighted by Gasteiger charge is -2.38. The number of halogens is 3. The molecule has 0 amide bonds. The van der Waals surface area contributed by atoms with Gasteiger partial charge in [0.15, 0.2) is 0 Å². The van der Waals surface area contributed by atoms with Crippen LogP contribution in [-0.2, 0) is 0 Å². The zero-order valence-electron chi connectivity index (χ0n) is 12.5. The van der Waals surface area contributed by atoms with E-state index in [1.54, 1.807) is 0 Å². The van der Waals surface area contributed by atoms with E-state index >= 15 is 0 Å². The highest BCUT2D eigenvalue weighted by Gasteiger charge is 2.48. The van der Waals surface area contributed by atoms with Crippen molar-refractivity contribution in [2.45, 2.75) is 51.7 Å². The van der Waals surface area contributed by atoms with Crippen molar-refractivity contribution in [3.8, 4) is 0 Å². The first-order valence-electron chi connectivity index (χ1n) is 7.44. The summed E-state index contributed by atoms with van der Waals surface area (Å²) in [6.07, 6.45) is -1.91. The topological polar surface area (TPSA) is 38.0 Å². The average Bonchev–Trinajstić information content (AvgIpc) is 2.41. The summed E-state index contributed by atoms with van der Waals surface area (Å²) in [6.45, 7) is 3.90. The van der Waals surface area contributed by atoms with Gasteiger partial charge < -0.3 is 0 Å². The molecule has 1 saturated carbocycles. The third-order valence-corrected chi connectivity index (χ3v) is 4.61. The van der Waals surface area contributed by atoms with Crippen molar-refractivity contribution in [3.63, 3.8) is 0 Å². The first-order chi connectivity index (χ1) is 9.84. The van der Waals surface area contributed by atoms with Crippen LogP contribution in [0.5, 0.6) is 0 Å². The quantitative estimate of drug-likeness (QED) is 0.649. The van der Waals surface area contributed by atoms with Crippen LogP contribution >= 0.6 is 0 Å². The van der Waals surface area contributed by atoms with Crippen molar-refractivity contribution < 1.29 is 13.2 Å². The van der Waals surface area contributed by atoms with Gasteiger partial charge in [0.25, 0.3) is 0 Å². The Morgan fingerprint density at radius 2 is 1.86 bits per heavy atom. The molecule has 2 nitrogen and oxygen atoms in total. The van der Waals surface area contributed by atoms with Gasteiger partial charge in [0.2, 0.25) is 0 Å². The highest BCUT2D eigenvalue weighted by atomic mass is 19.4. The predicted molar refractivity (Wildman–Crippen MR) is 77.5 cm³/mol. The third-order valence-electron chi connectivity index (χ3n) is 4.61. The molecule has 21 heavy (non-hydrogen) atoms. The van der Waals surface area contributed by atoms with Crippen LogP contribution in [0, 0.1) is 25.7 Å². The fraction of sp³-hybridized carbons (Fsp3) is 0.625. The molecule has 3 unspecified atom stereocenters. The summed E-state index contributed by atoms with van der Waals surface area (Å²) in [7, 11) is 0. The van der Waals surface area contributed by atoms with Crippen molar-refractivity contribution in [2.75, 3.05) is 0 Å². The van der Waals surface area contributed by atoms with Crippen LogP contribution in [0.3, 0.4) is 0 Å². The molecule has 1 aromatic carbocycles. The summed E-state index contributed by atoms with van der Waals surface area (Å²) in [5.41, 5.74) is 5.62. The fourth-order valence-electron chi connectivity index (χ4n) is 3.58. The van der Waals surface area contributed by atoms with Crippen LogP contribution in [0.1, 0.15) is 48.4 Å². The SMILES string of the molecule is Cc1ccc(C(NN)C2CCCCC2C(F)(F)F)c(C)c1. The van der Waals surface area contributed by atoms with E-state index in [0.717, 1.165) is 23.1 Å². The van der Waals surface area contributed by atoms with Gasteiger partial charge in [-0.15, -0.1) is 0 Å². The van der Waals surface area contributed by atoms with Gasteiger partial charge in [-0.25, -0.2) is 0 Å². The second-order valence-electron chi connectivity index (χ2n) is 6.10. The Hall–Kier alpha value is -1.07. The first-order valence-corrected chi connectivity index (χ1v) is 7.44. The van der Waals surface area contributed by atoms with Crippen molar-refractivity contribution in [1.29, 1.82) is 0 Å². The molecule has 1 fully saturated rings. The Kier molecular flexibility index (Phi) is 4.94. The second-order valence-corrected chi connectivity index (χ2v) is 6.10. The van der Waals surface area contributed by atoms with Gasteiger partial charge in [-0.05, 0) is 43.7 Å². The van der Waals surface area contributed by atoms with E-state index in [1.807, 2.05) is 32.0 Å². The third kappa shape index (κ3) is 3.58. The molecule has 0 radical (unpaired) electrons. The molecule has 5 heteroatoms. The van der Waals surface area contributed by atoms with Gasteiger partial charge in [-0.3, -0.25) is 11.3 Å². The molecule has 0 saturated heterocycles. The average molecular weight is 300 g/mol. The van der Waals surface area contributed by atoms with Crippen LogP contribution in [0.15, 0.2) is 18.2 Å². The first kappa shape index (κ1) is 16.3. The molecule has 2 rings (SSSR count). The van der Waals surface area contributed by atoms with Crippen LogP contribution in [-0.4, -0.2) is 6.18 Å². The fourth-order valence-corrected chi connectivity index (χ4v) is 3.58. The van der Waals surface area contributed by atoms with Crippen molar-refractivity contribution in [1.82, 2.24) is 5.43 Å². The van der Waals surface area contributed by atoms with Gasteiger partial charge >= 0.3 is 6.18 Å². The van der Waals surface area contributed by atoms with Gasteiger partial charge in [-0.2, -0.15) is 13.2 Å². The summed E-state index contributed by atoms with van der Waals surface area (Å²) in [5.74, 6) is 3.87. The largest absolute Gasteiger partial charge is 0.392 e. The number of hydrogen-bond acceptors (Lipinski definition) is 2. The molecule has 3 N–H and O–H groups in total. The molecule has 0 aliphatic heterocycles. The van der Waals surface area contributed by atoms with Crippen molar-refractivity contribution in [3.05, 3.63) is 34.9 Å². The minimum Gasteiger partial charge on any atom is -0.271 e. The molecule has 1 aliphatic rings. The maximum absolute atomic E-state index is 13.3. The number of hydrogen-bond donors (Lipinski definition) is 2. The molecule has 118 valence electrons. The number of alkyl halides is 3. The van der Waals surface area contributed by atoms with Crippen molar-refractivity contribution in [2.24, 2.45) is 17.7 Å². The number of nitrogens with one attached hydrogen (secondary N) is 1. The Morgan fingerprint density at radius 1 is 1.19 bits per heavy atom. The maximum Gasteiger partial charge on any atom is 0.392 e. The summed E-state index contributed by atoms with van der Waals surface area (Å²) >= 11 is 0. The molecule has 0 bridgehead atoms. The van der Waals surface area contributed by atoms with Gasteiger partial charge in [0, 0.05) is 6.04 Å². The standard InChI is InChI=1S/C16H23F3N2/c1-10-7-8-12(11(2)9-10)15(21-20)13-5-3-4-6-14(13)16(17,18)19/h7-9,13-15,21H,3-6,20H2,1-2H3. The van der Waals surface area contributed by atoms with Gasteiger partial charge in [0.1, 0.15) is 0 Å². The number of rotatable bonds is 3. The molecular weight excluding hydrogens is 277 g/mol. The lowest BCUT2D eigenvalue weighted by Crippen LogP contribution is -2.43. The summed E-state index contributed by atoms with van der Waals surface area (Å²) in [5, 5.41) is 0. The van der Waals surface area contributed by atoms with E-state index in [2.05, 4.69) is 5.43 Å². The molecular formula is C16H23F3N2. The summed E-state index contributed by atoms with van der Waals surface area (Å²) < 4.78 is 39.9. The Balaban J connectivity index is 2.34. The summed E-state index contributed by atoms with van der Waals surface area (Å²) in [6, 6.07) is 5.37. The summed E-state index contributed by atoms with van der Waals surface area (Å²) in [4.78, 5) is 0. The Bertz CT molecular complexity index is 485. The van der Waals surface area contributed by atoms with Crippen LogP contribution in [0.25, 0.3) is 0 Å². The van der Waals surface area contributed by atoms with Crippen LogP contribution in [0.2, 0.25) is 0 Å². The highest BCUT2D eigenvalue weighted by molar-refractivity contribution is 5.33. The minimum atomic E-state index is -4.15. The second kappa shape index (κ2) is 6.36. The van der Waals surface area contributed by atoms with E-state index in [0.29, 0.717) is 12.8 Å².